The summed E-state index contributed by atoms with van der Waals surface area (Å²) in [5, 5.41) is 6.60. The van der Waals surface area contributed by atoms with Crippen LogP contribution in [-0.4, -0.2) is 41.9 Å². The van der Waals surface area contributed by atoms with Gasteiger partial charge in [-0.05, 0) is 62.2 Å². The lowest BCUT2D eigenvalue weighted by Crippen LogP contribution is -2.10. The Bertz CT molecular complexity index is 1440. The summed E-state index contributed by atoms with van der Waals surface area (Å²) >= 11 is 1.28. The van der Waals surface area contributed by atoms with E-state index in [1.807, 2.05) is 10.8 Å². The lowest BCUT2D eigenvalue weighted by atomic mass is 10.1. The summed E-state index contributed by atoms with van der Waals surface area (Å²) in [4.78, 5) is 20.8. The van der Waals surface area contributed by atoms with E-state index in [2.05, 4.69) is 20.6 Å². The summed E-state index contributed by atoms with van der Waals surface area (Å²) in [6.45, 7) is 2.30. The van der Waals surface area contributed by atoms with Crippen molar-refractivity contribution in [3.8, 4) is 5.75 Å². The number of hydrogen-bond donors (Lipinski definition) is 3. The van der Waals surface area contributed by atoms with Crippen LogP contribution in [0.5, 0.6) is 5.75 Å². The lowest BCUT2D eigenvalue weighted by Gasteiger charge is -2.09. The fourth-order valence-electron chi connectivity index (χ4n) is 3.98. The molecule has 4 N–H and O–H groups in total. The van der Waals surface area contributed by atoms with Crippen LogP contribution < -0.4 is 20.6 Å². The van der Waals surface area contributed by atoms with Gasteiger partial charge in [-0.2, -0.15) is 8.42 Å². The van der Waals surface area contributed by atoms with Crippen LogP contribution in [0.1, 0.15) is 44.9 Å². The van der Waals surface area contributed by atoms with Gasteiger partial charge in [0.25, 0.3) is 0 Å². The molecule has 0 spiro atoms. The van der Waals surface area contributed by atoms with Gasteiger partial charge in [-0.1, -0.05) is 30.6 Å². The summed E-state index contributed by atoms with van der Waals surface area (Å²) in [7, 11) is -4.02. The number of nitrogens with zero attached hydrogens (tertiary/aromatic N) is 3. The number of hydrogen-bond acceptors (Lipinski definition) is 9. The molecule has 0 aliphatic rings. The number of fused-ring (bicyclic) bond motifs is 1. The number of nitrogens with two attached hydrogens (primary N) is 1. The van der Waals surface area contributed by atoms with E-state index in [0.29, 0.717) is 23.6 Å². The highest BCUT2D eigenvalue weighted by Crippen LogP contribution is 2.31. The van der Waals surface area contributed by atoms with Gasteiger partial charge in [-0.15, -0.1) is 12.4 Å². The minimum atomic E-state index is -4.02. The van der Waals surface area contributed by atoms with Crippen LogP contribution in [0.25, 0.3) is 10.2 Å². The zero-order valence-electron chi connectivity index (χ0n) is 22.1. The molecule has 2 aromatic carbocycles. The third kappa shape index (κ3) is 9.47. The number of imidazole rings is 1. The number of nitrogens with one attached hydrogen (secondary N) is 2. The van der Waals surface area contributed by atoms with Crippen LogP contribution in [0.15, 0.2) is 66.1 Å². The first-order valence-corrected chi connectivity index (χ1v) is 15.3. The van der Waals surface area contributed by atoms with Crippen molar-refractivity contribution in [2.75, 3.05) is 23.7 Å². The summed E-state index contributed by atoms with van der Waals surface area (Å²) in [6, 6.07) is 11.3. The third-order valence-corrected chi connectivity index (χ3v) is 8.24. The number of aryl methyl sites for hydroxylation is 1. The van der Waals surface area contributed by atoms with Gasteiger partial charge in [0.05, 0.1) is 16.5 Å². The Balaban J connectivity index is 0.00000441. The minimum absolute atomic E-state index is 0. The number of aromatic nitrogens is 3. The monoisotopic (exact) mass is 606 g/mol. The Morgan fingerprint density at radius 3 is 2.55 bits per heavy atom. The zero-order chi connectivity index (χ0) is 27.5. The number of rotatable bonds is 16. The molecule has 40 heavy (non-hydrogen) atoms. The number of thiazole rings is 1. The molecule has 13 heteroatoms. The number of carbonyl (C=O) groups is 1. The van der Waals surface area contributed by atoms with Crippen LogP contribution >= 0.6 is 23.7 Å². The second-order valence-electron chi connectivity index (χ2n) is 9.15. The van der Waals surface area contributed by atoms with E-state index in [9.17, 15) is 13.2 Å². The van der Waals surface area contributed by atoms with Gasteiger partial charge in [0.2, 0.25) is 5.91 Å². The highest BCUT2D eigenvalue weighted by molar-refractivity contribution is 7.87. The van der Waals surface area contributed by atoms with Gasteiger partial charge in [0, 0.05) is 43.7 Å². The Labute approximate surface area is 244 Å². The Hall–Kier alpha value is -3.19. The summed E-state index contributed by atoms with van der Waals surface area (Å²) in [5.41, 5.74) is 6.98. The van der Waals surface area contributed by atoms with Crippen molar-refractivity contribution in [1.82, 2.24) is 14.5 Å². The summed E-state index contributed by atoms with van der Waals surface area (Å²) < 4.78 is 33.8. The summed E-state index contributed by atoms with van der Waals surface area (Å²) in [5.74, 6) is 0.103. The van der Waals surface area contributed by atoms with E-state index in [-0.39, 0.29) is 29.0 Å². The summed E-state index contributed by atoms with van der Waals surface area (Å²) in [6.07, 6.45) is 11.8. The van der Waals surface area contributed by atoms with Crippen molar-refractivity contribution in [2.24, 2.45) is 5.73 Å². The van der Waals surface area contributed by atoms with E-state index in [1.165, 1.54) is 23.5 Å². The van der Waals surface area contributed by atoms with Crippen LogP contribution in [-0.2, 0) is 21.5 Å². The van der Waals surface area contributed by atoms with Gasteiger partial charge >= 0.3 is 10.1 Å². The van der Waals surface area contributed by atoms with E-state index in [0.717, 1.165) is 62.0 Å². The van der Waals surface area contributed by atoms with E-state index < -0.39 is 10.1 Å². The Morgan fingerprint density at radius 1 is 1.02 bits per heavy atom. The van der Waals surface area contributed by atoms with E-state index >= 15 is 0 Å². The molecule has 0 saturated carbocycles. The Kier molecular flexibility index (Phi) is 12.2. The molecule has 0 aliphatic carbocycles. The van der Waals surface area contributed by atoms with Crippen LogP contribution in [0.3, 0.4) is 0 Å². The predicted octanol–water partition coefficient (Wildman–Crippen LogP) is 5.42. The van der Waals surface area contributed by atoms with Crippen LogP contribution in [0.2, 0.25) is 0 Å². The molecule has 0 fully saturated rings. The number of anilines is 2. The first-order valence-electron chi connectivity index (χ1n) is 13.1. The minimum Gasteiger partial charge on any atom is -0.385 e. The highest BCUT2D eigenvalue weighted by atomic mass is 35.5. The van der Waals surface area contributed by atoms with Crippen molar-refractivity contribution < 1.29 is 17.4 Å². The van der Waals surface area contributed by atoms with Crippen molar-refractivity contribution in [3.63, 3.8) is 0 Å². The SMILES string of the molecule is Cl.NCCCCCCCC(=O)Nc1nc2ccc(OS(=O)(=O)c3ccc(NCCCn4ccnc4)cc3)cc2s1. The topological polar surface area (TPSA) is 141 Å². The van der Waals surface area contributed by atoms with Gasteiger partial charge in [-0.3, -0.25) is 4.79 Å². The van der Waals surface area contributed by atoms with Crippen LogP contribution in [0, 0.1) is 0 Å². The van der Waals surface area contributed by atoms with E-state index in [4.69, 9.17) is 9.92 Å². The molecule has 0 aliphatic heterocycles. The average molecular weight is 607 g/mol. The van der Waals surface area contributed by atoms with E-state index in [1.54, 1.807) is 42.9 Å². The maximum atomic E-state index is 12.8. The average Bonchev–Trinajstić information content (AvgIpc) is 3.58. The standard InChI is InChI=1S/C27H34N6O4S2.ClH/c28-14-5-3-1-2-4-7-26(34)32-27-31-24-13-10-22(19-25(24)38-27)37-39(35,36)23-11-8-21(9-12-23)30-15-6-17-33-18-16-29-20-33;/h8-13,16,18-20,30H,1-7,14-15,17,28H2,(H,31,32,34);1H. The van der Waals surface area contributed by atoms with Crippen molar-refractivity contribution in [1.29, 1.82) is 0 Å². The molecular formula is C27H35ClN6O4S2. The molecular weight excluding hydrogens is 572 g/mol. The molecule has 2 aromatic heterocycles. The lowest BCUT2D eigenvalue weighted by molar-refractivity contribution is -0.116. The predicted molar refractivity (Wildman–Crippen MR) is 162 cm³/mol. The quantitative estimate of drug-likeness (QED) is 0.113. The Morgan fingerprint density at radius 2 is 1.80 bits per heavy atom. The molecule has 2 heterocycles. The molecule has 4 rings (SSSR count). The second kappa shape index (κ2) is 15.6. The smallest absolute Gasteiger partial charge is 0.339 e. The molecule has 216 valence electrons. The highest BCUT2D eigenvalue weighted by Gasteiger charge is 2.18. The number of amides is 1. The normalized spacial score (nSPS) is 11.2. The molecule has 0 radical (unpaired) electrons. The van der Waals surface area contributed by atoms with Crippen LogP contribution in [0.4, 0.5) is 10.8 Å². The maximum absolute atomic E-state index is 12.8. The first-order chi connectivity index (χ1) is 18.9. The van der Waals surface area contributed by atoms with Gasteiger partial charge < -0.3 is 25.1 Å². The maximum Gasteiger partial charge on any atom is 0.339 e. The second-order valence-corrected chi connectivity index (χ2v) is 11.7. The molecule has 4 aromatic rings. The number of halogens is 1. The van der Waals surface area contributed by atoms with Crippen molar-refractivity contribution in [3.05, 3.63) is 61.2 Å². The van der Waals surface area contributed by atoms with Gasteiger partial charge in [-0.25, -0.2) is 9.97 Å². The number of carbonyl (C=O) groups excluding carboxylic acids is 1. The largest absolute Gasteiger partial charge is 0.385 e. The van der Waals surface area contributed by atoms with Crippen molar-refractivity contribution in [2.45, 2.75) is 56.4 Å². The molecule has 0 bridgehead atoms. The van der Waals surface area contributed by atoms with Crippen molar-refractivity contribution >= 4 is 60.8 Å². The fourth-order valence-corrected chi connectivity index (χ4v) is 5.81. The third-order valence-electron chi connectivity index (χ3n) is 6.04. The van der Waals surface area contributed by atoms with Gasteiger partial charge in [0.15, 0.2) is 5.13 Å². The molecule has 0 saturated heterocycles. The number of benzene rings is 2. The molecule has 0 atom stereocenters. The van der Waals surface area contributed by atoms with Gasteiger partial charge in [0.1, 0.15) is 10.6 Å². The number of unbranched alkanes of at least 4 members (excludes halogenated alkanes) is 4. The fraction of sp³-hybridized carbons (Fsp3) is 0.370. The molecule has 0 unspecified atom stereocenters. The molecule has 10 nitrogen and oxygen atoms in total. The molecule has 1 amide bonds. The first kappa shape index (κ1) is 31.3. The zero-order valence-corrected chi connectivity index (χ0v) is 24.6.